The molecule has 0 unspecified atom stereocenters. The Morgan fingerprint density at radius 2 is 1.96 bits per heavy atom. The molecule has 0 saturated heterocycles. The zero-order valence-electron chi connectivity index (χ0n) is 12.2. The summed E-state index contributed by atoms with van der Waals surface area (Å²) in [6.45, 7) is 0. The third-order valence-corrected chi connectivity index (χ3v) is 5.05. The number of nitrogens with one attached hydrogen (secondary N) is 1. The molecule has 122 valence electrons. The van der Waals surface area contributed by atoms with Crippen molar-refractivity contribution in [2.45, 2.75) is 17.7 Å². The van der Waals surface area contributed by atoms with Crippen LogP contribution in [0.1, 0.15) is 17.5 Å². The first-order chi connectivity index (χ1) is 11.4. The van der Waals surface area contributed by atoms with E-state index in [4.69, 9.17) is 21.0 Å². The third kappa shape index (κ3) is 3.20. The molecule has 0 aliphatic carbocycles. The Kier molecular flexibility index (Phi) is 4.18. The molecule has 1 heterocycles. The molecule has 3 rings (SSSR count). The molecule has 0 bridgehead atoms. The number of aryl methyl sites for hydroxylation is 1. The van der Waals surface area contributed by atoms with Crippen molar-refractivity contribution in [2.24, 2.45) is 0 Å². The van der Waals surface area contributed by atoms with Crippen LogP contribution in [-0.4, -0.2) is 14.3 Å². The molecule has 0 atom stereocenters. The van der Waals surface area contributed by atoms with Gasteiger partial charge in [0.05, 0.1) is 16.7 Å². The number of halogens is 1. The van der Waals surface area contributed by atoms with Crippen molar-refractivity contribution >= 4 is 33.3 Å². The minimum atomic E-state index is -4.08. The maximum atomic E-state index is 12.4. The first-order valence-corrected chi connectivity index (χ1v) is 8.74. The number of carbonyl (C=O) groups excluding carboxylic acids is 1. The second kappa shape index (κ2) is 6.15. The van der Waals surface area contributed by atoms with Crippen LogP contribution in [0.4, 0.5) is 5.69 Å². The largest absolute Gasteiger partial charge is 0.377 e. The molecule has 2 aromatic carbocycles. The third-order valence-electron chi connectivity index (χ3n) is 3.52. The van der Waals surface area contributed by atoms with Gasteiger partial charge < -0.3 is 9.50 Å². The zero-order valence-corrected chi connectivity index (χ0v) is 13.8. The van der Waals surface area contributed by atoms with Crippen molar-refractivity contribution in [2.75, 3.05) is 5.32 Å². The molecule has 6 nitrogen and oxygen atoms in total. The average molecular weight is 363 g/mol. The Labute approximate surface area is 143 Å². The van der Waals surface area contributed by atoms with Crippen molar-refractivity contribution in [3.8, 4) is 11.8 Å². The van der Waals surface area contributed by atoms with Crippen LogP contribution in [0.3, 0.4) is 0 Å². The summed E-state index contributed by atoms with van der Waals surface area (Å²) < 4.78 is 29.9. The SMILES string of the molecule is N#Cc1ccc(OS(=O)(=O)c2ccc3c(c2)CCC(=O)N3)c(Cl)c1. The van der Waals surface area contributed by atoms with Gasteiger partial charge >= 0.3 is 10.1 Å². The Bertz CT molecular complexity index is 980. The molecule has 1 N–H and O–H groups in total. The molecule has 8 heteroatoms. The molecule has 0 radical (unpaired) electrons. The van der Waals surface area contributed by atoms with Crippen LogP contribution in [0.15, 0.2) is 41.3 Å². The first-order valence-electron chi connectivity index (χ1n) is 6.96. The summed E-state index contributed by atoms with van der Waals surface area (Å²) >= 11 is 5.95. The van der Waals surface area contributed by atoms with E-state index in [0.29, 0.717) is 24.1 Å². The lowest BCUT2D eigenvalue weighted by Gasteiger charge is -2.17. The predicted octanol–water partition coefficient (Wildman–Crippen LogP) is 2.86. The Morgan fingerprint density at radius 1 is 1.17 bits per heavy atom. The predicted molar refractivity (Wildman–Crippen MR) is 87.4 cm³/mol. The number of amides is 1. The van der Waals surface area contributed by atoms with Crippen molar-refractivity contribution in [3.63, 3.8) is 0 Å². The number of carbonyl (C=O) groups is 1. The van der Waals surface area contributed by atoms with Crippen LogP contribution in [0.25, 0.3) is 0 Å². The highest BCUT2D eigenvalue weighted by atomic mass is 35.5. The van der Waals surface area contributed by atoms with Gasteiger partial charge in [0.1, 0.15) is 4.90 Å². The maximum Gasteiger partial charge on any atom is 0.339 e. The second-order valence-electron chi connectivity index (χ2n) is 5.16. The van der Waals surface area contributed by atoms with Gasteiger partial charge in [0.25, 0.3) is 0 Å². The van der Waals surface area contributed by atoms with E-state index in [1.54, 1.807) is 0 Å². The summed E-state index contributed by atoms with van der Waals surface area (Å²) in [5.74, 6) is -0.152. The van der Waals surface area contributed by atoms with E-state index < -0.39 is 10.1 Å². The van der Waals surface area contributed by atoms with Crippen LogP contribution in [-0.2, 0) is 21.3 Å². The monoisotopic (exact) mass is 362 g/mol. The van der Waals surface area contributed by atoms with Crippen LogP contribution in [0.2, 0.25) is 5.02 Å². The van der Waals surface area contributed by atoms with Gasteiger partial charge in [-0.2, -0.15) is 13.7 Å². The number of fused-ring (bicyclic) bond motifs is 1. The molecule has 0 aromatic heterocycles. The van der Waals surface area contributed by atoms with Crippen LogP contribution in [0, 0.1) is 11.3 Å². The smallest absolute Gasteiger partial charge is 0.339 e. The summed E-state index contributed by atoms with van der Waals surface area (Å²) in [5, 5.41) is 11.5. The molecular weight excluding hydrogens is 352 g/mol. The van der Waals surface area contributed by atoms with E-state index in [-0.39, 0.29) is 21.6 Å². The van der Waals surface area contributed by atoms with Crippen LogP contribution in [0.5, 0.6) is 5.75 Å². The van der Waals surface area contributed by atoms with E-state index in [1.807, 2.05) is 6.07 Å². The van der Waals surface area contributed by atoms with Crippen molar-refractivity contribution in [1.82, 2.24) is 0 Å². The Balaban J connectivity index is 1.91. The van der Waals surface area contributed by atoms with Crippen LogP contribution < -0.4 is 9.50 Å². The second-order valence-corrected chi connectivity index (χ2v) is 7.12. The highest BCUT2D eigenvalue weighted by molar-refractivity contribution is 7.87. The minimum Gasteiger partial charge on any atom is -0.377 e. The summed E-state index contributed by atoms with van der Waals surface area (Å²) in [7, 11) is -4.08. The van der Waals surface area contributed by atoms with Gasteiger partial charge in [-0.3, -0.25) is 4.79 Å². The molecule has 1 aliphatic rings. The number of benzene rings is 2. The highest BCUT2D eigenvalue weighted by Crippen LogP contribution is 2.30. The molecule has 0 saturated carbocycles. The van der Waals surface area contributed by atoms with Gasteiger partial charge in [0.2, 0.25) is 5.91 Å². The van der Waals surface area contributed by atoms with E-state index in [9.17, 15) is 13.2 Å². The van der Waals surface area contributed by atoms with Crippen molar-refractivity contribution in [3.05, 3.63) is 52.5 Å². The lowest BCUT2D eigenvalue weighted by atomic mass is 10.0. The van der Waals surface area contributed by atoms with Gasteiger partial charge in [0.15, 0.2) is 5.75 Å². The van der Waals surface area contributed by atoms with E-state index in [2.05, 4.69) is 5.32 Å². The van der Waals surface area contributed by atoms with Gasteiger partial charge in [-0.25, -0.2) is 0 Å². The molecule has 0 spiro atoms. The minimum absolute atomic E-state index is 0.0298. The van der Waals surface area contributed by atoms with Crippen molar-refractivity contribution < 1.29 is 17.4 Å². The number of hydrogen-bond donors (Lipinski definition) is 1. The summed E-state index contributed by atoms with van der Waals surface area (Å²) in [6.07, 6.45) is 0.765. The highest BCUT2D eigenvalue weighted by Gasteiger charge is 2.22. The van der Waals surface area contributed by atoms with Gasteiger partial charge in [-0.05, 0) is 48.4 Å². The number of nitrogens with zero attached hydrogens (tertiary/aromatic N) is 1. The van der Waals surface area contributed by atoms with Gasteiger partial charge in [-0.15, -0.1) is 0 Å². The van der Waals surface area contributed by atoms with Crippen molar-refractivity contribution in [1.29, 1.82) is 5.26 Å². The normalized spacial score (nSPS) is 13.6. The van der Waals surface area contributed by atoms with E-state index in [1.165, 1.54) is 36.4 Å². The molecular formula is C16H11ClN2O4S. The molecule has 1 aliphatic heterocycles. The van der Waals surface area contributed by atoms with Crippen LogP contribution >= 0.6 is 11.6 Å². The molecule has 1 amide bonds. The lowest BCUT2D eigenvalue weighted by molar-refractivity contribution is -0.116. The molecule has 2 aromatic rings. The number of hydrogen-bond acceptors (Lipinski definition) is 5. The maximum absolute atomic E-state index is 12.4. The quantitative estimate of drug-likeness (QED) is 0.847. The summed E-state index contributed by atoms with van der Waals surface area (Å²) in [5.41, 5.74) is 1.63. The van der Waals surface area contributed by atoms with E-state index in [0.717, 1.165) is 5.56 Å². The lowest BCUT2D eigenvalue weighted by Crippen LogP contribution is -2.19. The summed E-state index contributed by atoms with van der Waals surface area (Å²) in [4.78, 5) is 11.3. The molecule has 0 fully saturated rings. The first kappa shape index (κ1) is 16.3. The molecule has 24 heavy (non-hydrogen) atoms. The summed E-state index contributed by atoms with van der Waals surface area (Å²) in [6, 6.07) is 10.3. The fraction of sp³-hybridized carbons (Fsp3) is 0.125. The fourth-order valence-electron chi connectivity index (χ4n) is 2.32. The Hall–Kier alpha value is -2.56. The fourth-order valence-corrected chi connectivity index (χ4v) is 3.58. The van der Waals surface area contributed by atoms with Gasteiger partial charge in [-0.1, -0.05) is 11.6 Å². The number of rotatable bonds is 3. The average Bonchev–Trinajstić information content (AvgIpc) is 2.56. The van der Waals surface area contributed by atoms with Gasteiger partial charge in [0, 0.05) is 12.1 Å². The number of nitriles is 1. The zero-order chi connectivity index (χ0) is 17.3. The standard InChI is InChI=1S/C16H11ClN2O4S/c17-13-7-10(9-18)1-5-15(13)23-24(21,22)12-3-4-14-11(8-12)2-6-16(20)19-14/h1,3-5,7-8H,2,6H2,(H,19,20). The van der Waals surface area contributed by atoms with E-state index >= 15 is 0 Å². The Morgan fingerprint density at radius 3 is 2.67 bits per heavy atom. The number of anilines is 1. The topological polar surface area (TPSA) is 96.3 Å².